The van der Waals surface area contributed by atoms with Crippen LogP contribution in [0.1, 0.15) is 37.2 Å². The van der Waals surface area contributed by atoms with Crippen molar-refractivity contribution in [1.29, 1.82) is 0 Å². The summed E-state index contributed by atoms with van der Waals surface area (Å²) >= 11 is 10.1. The number of carbonyl (C=O) groups excluding carboxylic acids is 1. The number of carbonyl (C=O) groups is 1. The van der Waals surface area contributed by atoms with Gasteiger partial charge in [0, 0.05) is 51.5 Å². The van der Waals surface area contributed by atoms with Crippen LogP contribution in [0.25, 0.3) is 10.8 Å². The molecule has 2 aromatic rings. The number of hydrogen-bond donors (Lipinski definition) is 0. The molecule has 2 saturated heterocycles. The van der Waals surface area contributed by atoms with Gasteiger partial charge in [-0.3, -0.25) is 9.69 Å². The van der Waals surface area contributed by atoms with E-state index in [4.69, 9.17) is 30.0 Å². The molecule has 0 aromatic heterocycles. The smallest absolute Gasteiger partial charge is 0.310 e. The summed E-state index contributed by atoms with van der Waals surface area (Å²) in [5, 5.41) is 14.5. The zero-order chi connectivity index (χ0) is 25.5. The second kappa shape index (κ2) is 16.2. The SMILES string of the molecule is COC(=O)[C@@H]1[C@H]2CCC(C[C@H]1c1ccc3ccccc3c1)N2CCCN(CC[S-])CC([O-])=NCC[S-].[O-2].[Re]. The third-order valence-electron chi connectivity index (χ3n) is 7.78. The normalized spacial score (nSPS) is 23.2. The maximum Gasteiger partial charge on any atom is 0.310 e. The van der Waals surface area contributed by atoms with Gasteiger partial charge in [0.2, 0.25) is 0 Å². The average molecular weight is 729 g/mol. The van der Waals surface area contributed by atoms with Crippen molar-refractivity contribution in [3.05, 3.63) is 48.0 Å². The monoisotopic (exact) mass is 729 g/mol. The van der Waals surface area contributed by atoms with Gasteiger partial charge in [-0.25, -0.2) is 0 Å². The fraction of sp³-hybridized carbons (Fsp3) is 0.571. The molecule has 0 aliphatic carbocycles. The van der Waals surface area contributed by atoms with Crippen LogP contribution in [-0.2, 0) is 60.7 Å². The first-order valence-electron chi connectivity index (χ1n) is 13.0. The van der Waals surface area contributed by atoms with E-state index in [9.17, 15) is 9.90 Å². The van der Waals surface area contributed by atoms with Gasteiger partial charge >= 0.3 is 5.97 Å². The molecule has 0 N–H and O–H groups in total. The summed E-state index contributed by atoms with van der Waals surface area (Å²) in [5.74, 6) is 0.816. The Hall–Kier alpha value is -1.12. The number of fused-ring (bicyclic) bond motifs is 3. The van der Waals surface area contributed by atoms with Gasteiger partial charge in [-0.15, -0.1) is 0 Å². The Bertz CT molecular complexity index is 1060. The summed E-state index contributed by atoms with van der Waals surface area (Å²) in [5.41, 5.74) is 1.23. The Balaban J connectivity index is 0.00000253. The van der Waals surface area contributed by atoms with Crippen LogP contribution >= 0.6 is 0 Å². The van der Waals surface area contributed by atoms with Crippen molar-refractivity contribution in [3.8, 4) is 0 Å². The van der Waals surface area contributed by atoms with Gasteiger partial charge < -0.3 is 50.5 Å². The molecule has 38 heavy (non-hydrogen) atoms. The molecule has 2 aromatic carbocycles. The first-order valence-corrected chi connectivity index (χ1v) is 14.1. The van der Waals surface area contributed by atoms with E-state index in [1.54, 1.807) is 0 Å². The Morgan fingerprint density at radius 3 is 2.61 bits per heavy atom. The van der Waals surface area contributed by atoms with E-state index in [0.29, 0.717) is 37.2 Å². The van der Waals surface area contributed by atoms with Crippen molar-refractivity contribution in [2.24, 2.45) is 10.9 Å². The summed E-state index contributed by atoms with van der Waals surface area (Å²) in [6.45, 7) is 3.09. The summed E-state index contributed by atoms with van der Waals surface area (Å²) in [6, 6.07) is 15.6. The molecule has 4 rings (SSSR count). The molecule has 1 radical (unpaired) electrons. The van der Waals surface area contributed by atoms with Crippen LogP contribution < -0.4 is 5.11 Å². The van der Waals surface area contributed by atoms with Gasteiger partial charge in [-0.05, 0) is 67.6 Å². The summed E-state index contributed by atoms with van der Waals surface area (Å²) in [4.78, 5) is 21.7. The number of methoxy groups -OCH3 is 1. The van der Waals surface area contributed by atoms with Crippen LogP contribution in [0.3, 0.4) is 0 Å². The number of esters is 1. The van der Waals surface area contributed by atoms with Crippen molar-refractivity contribution in [1.82, 2.24) is 9.80 Å². The number of rotatable bonds is 12. The van der Waals surface area contributed by atoms with E-state index in [2.05, 4.69) is 57.3 Å². The fourth-order valence-electron chi connectivity index (χ4n) is 6.19. The van der Waals surface area contributed by atoms with E-state index in [-0.39, 0.29) is 55.6 Å². The van der Waals surface area contributed by atoms with Gasteiger partial charge in [-0.1, -0.05) is 42.5 Å². The zero-order valence-corrected chi connectivity index (χ0v) is 26.1. The van der Waals surface area contributed by atoms with E-state index in [0.717, 1.165) is 38.8 Å². The van der Waals surface area contributed by atoms with Crippen molar-refractivity contribution in [2.75, 3.05) is 51.3 Å². The van der Waals surface area contributed by atoms with Gasteiger partial charge in [0.1, 0.15) is 0 Å². The maximum absolute atomic E-state index is 13.1. The first kappa shape index (κ1) is 33.1. The molecule has 7 nitrogen and oxygen atoms in total. The van der Waals surface area contributed by atoms with Crippen molar-refractivity contribution >= 4 is 47.9 Å². The molecule has 2 heterocycles. The molecule has 4 atom stereocenters. The minimum absolute atomic E-state index is 0. The second-order valence-electron chi connectivity index (χ2n) is 9.85. The number of hydrogen-bond acceptors (Lipinski definition) is 8. The van der Waals surface area contributed by atoms with E-state index < -0.39 is 0 Å². The van der Waals surface area contributed by atoms with Crippen molar-refractivity contribution in [3.63, 3.8) is 0 Å². The van der Waals surface area contributed by atoms with Crippen LogP contribution in [0, 0.1) is 5.92 Å². The fourth-order valence-corrected chi connectivity index (χ4v) is 6.54. The third-order valence-corrected chi connectivity index (χ3v) is 8.14. The Labute approximate surface area is 251 Å². The van der Waals surface area contributed by atoms with E-state index >= 15 is 0 Å². The second-order valence-corrected chi connectivity index (χ2v) is 10.7. The van der Waals surface area contributed by atoms with Crippen LogP contribution in [0.4, 0.5) is 0 Å². The zero-order valence-electron chi connectivity index (χ0n) is 21.8. The Morgan fingerprint density at radius 2 is 1.89 bits per heavy atom. The molecule has 0 spiro atoms. The number of piperidine rings is 1. The summed E-state index contributed by atoms with van der Waals surface area (Å²) < 4.78 is 5.34. The van der Waals surface area contributed by atoms with Crippen molar-refractivity contribution < 1.29 is 40.5 Å². The van der Waals surface area contributed by atoms with Crippen LogP contribution in [-0.4, -0.2) is 85.1 Å². The van der Waals surface area contributed by atoms with Gasteiger partial charge in [0.15, 0.2) is 0 Å². The predicted octanol–water partition coefficient (Wildman–Crippen LogP) is 2.37. The molecule has 211 valence electrons. The molecule has 0 saturated carbocycles. The maximum atomic E-state index is 13.1. The minimum atomic E-state index is -0.169. The predicted molar refractivity (Wildman–Crippen MR) is 149 cm³/mol. The van der Waals surface area contributed by atoms with Crippen LogP contribution in [0.15, 0.2) is 47.5 Å². The molecule has 0 amide bonds. The molecule has 1 unspecified atom stereocenters. The largest absolute Gasteiger partial charge is 2.00 e. The number of benzene rings is 2. The quantitative estimate of drug-likeness (QED) is 0.143. The number of nitrogens with zero attached hydrogens (tertiary/aromatic N) is 3. The van der Waals surface area contributed by atoms with E-state index in [1.165, 1.54) is 23.4 Å². The first-order chi connectivity index (χ1) is 17.5. The van der Waals surface area contributed by atoms with Gasteiger partial charge in [-0.2, -0.15) is 11.5 Å². The standard InChI is InChI=1S/C28H39N3O3S2.O.Re/c1-34-28(33)27-24(22-8-7-20-5-2-3-6-21(20)17-22)18-23-9-10-25(27)31(23)13-4-12-30(14-16-36)19-26(32)29-11-15-35;;/h2-3,5-8,17,23-25,27,35-36H,4,9-16,18-19H2,1H3,(H,29,32);;/q;-2;/p-3/t23?,24-,25+,27-;;/m0../s1. The molecular formula is C28H36N3O4ReS2-5. The van der Waals surface area contributed by atoms with Gasteiger partial charge in [0.25, 0.3) is 0 Å². The topological polar surface area (TPSA) is 96.7 Å². The van der Waals surface area contributed by atoms with Crippen molar-refractivity contribution in [2.45, 2.75) is 43.7 Å². The minimum Gasteiger partial charge on any atom is -2.00 e. The average Bonchev–Trinajstić information content (AvgIpc) is 3.17. The summed E-state index contributed by atoms with van der Waals surface area (Å²) in [7, 11) is 1.51. The molecule has 2 aliphatic rings. The Morgan fingerprint density at radius 1 is 1.13 bits per heavy atom. The molecule has 2 fully saturated rings. The summed E-state index contributed by atoms with van der Waals surface area (Å²) in [6.07, 6.45) is 4.01. The van der Waals surface area contributed by atoms with Crippen LogP contribution in [0.5, 0.6) is 0 Å². The molecule has 2 aliphatic heterocycles. The number of aliphatic imine (C=N–C) groups is 1. The Kier molecular flexibility index (Phi) is 14.1. The molecular weight excluding hydrogens is 693 g/mol. The molecule has 2 bridgehead atoms. The number of ether oxygens (including phenoxy) is 1. The van der Waals surface area contributed by atoms with Gasteiger partial charge in [0.05, 0.1) is 13.0 Å². The van der Waals surface area contributed by atoms with E-state index in [1.807, 2.05) is 0 Å². The molecule has 10 heteroatoms. The third kappa shape index (κ3) is 7.97. The van der Waals surface area contributed by atoms with Crippen LogP contribution in [0.2, 0.25) is 0 Å².